The summed E-state index contributed by atoms with van der Waals surface area (Å²) in [7, 11) is 0. The van der Waals surface area contributed by atoms with Crippen LogP contribution in [0.15, 0.2) is 0 Å². The van der Waals surface area contributed by atoms with E-state index in [-0.39, 0.29) is 6.04 Å². The van der Waals surface area contributed by atoms with E-state index >= 15 is 0 Å². The molecule has 10 heavy (non-hydrogen) atoms. The maximum Gasteiger partial charge on any atom is 0.0980 e. The van der Waals surface area contributed by atoms with E-state index in [1.165, 1.54) is 25.8 Å². The molecule has 2 rings (SSSR count). The Morgan fingerprint density at radius 1 is 1.30 bits per heavy atom. The Morgan fingerprint density at radius 2 is 2.10 bits per heavy atom. The van der Waals surface area contributed by atoms with E-state index in [9.17, 15) is 0 Å². The van der Waals surface area contributed by atoms with Crippen molar-refractivity contribution in [3.8, 4) is 6.07 Å². The number of likely N-dealkylation sites (tertiary alicyclic amines) is 1. The van der Waals surface area contributed by atoms with Crippen molar-refractivity contribution >= 4 is 0 Å². The van der Waals surface area contributed by atoms with E-state index in [4.69, 9.17) is 5.26 Å². The third-order valence-electron chi connectivity index (χ3n) is 2.46. The van der Waals surface area contributed by atoms with Crippen molar-refractivity contribution in [1.82, 2.24) is 4.90 Å². The van der Waals surface area contributed by atoms with Crippen LogP contribution in [0.2, 0.25) is 0 Å². The molecule has 0 amide bonds. The minimum Gasteiger partial charge on any atom is -0.285 e. The molecular weight excluding hydrogens is 124 g/mol. The van der Waals surface area contributed by atoms with Gasteiger partial charge in [0.05, 0.1) is 12.1 Å². The Hall–Kier alpha value is -0.550. The highest BCUT2D eigenvalue weighted by Gasteiger charge is 2.36. The lowest BCUT2D eigenvalue weighted by Gasteiger charge is -2.17. The summed E-state index contributed by atoms with van der Waals surface area (Å²) < 4.78 is 0. The Bertz CT molecular complexity index is 167. The quantitative estimate of drug-likeness (QED) is 0.540. The molecule has 0 unspecified atom stereocenters. The van der Waals surface area contributed by atoms with Gasteiger partial charge in [-0.25, -0.2) is 0 Å². The molecular formula is C8H12N2. The van der Waals surface area contributed by atoms with Crippen molar-refractivity contribution in [1.29, 1.82) is 5.26 Å². The maximum absolute atomic E-state index is 8.72. The zero-order valence-electron chi connectivity index (χ0n) is 6.08. The largest absolute Gasteiger partial charge is 0.285 e. The first-order valence-electron chi connectivity index (χ1n) is 4.07. The van der Waals surface area contributed by atoms with Crippen LogP contribution in [0.1, 0.15) is 25.7 Å². The van der Waals surface area contributed by atoms with Crippen LogP contribution in [0.25, 0.3) is 0 Å². The van der Waals surface area contributed by atoms with Crippen LogP contribution in [0.4, 0.5) is 0 Å². The highest BCUT2D eigenvalue weighted by molar-refractivity contribution is 5.01. The zero-order chi connectivity index (χ0) is 6.97. The summed E-state index contributed by atoms with van der Waals surface area (Å²) >= 11 is 0. The van der Waals surface area contributed by atoms with Gasteiger partial charge >= 0.3 is 0 Å². The van der Waals surface area contributed by atoms with Gasteiger partial charge in [-0.1, -0.05) is 0 Å². The lowest BCUT2D eigenvalue weighted by Crippen LogP contribution is -2.29. The highest BCUT2D eigenvalue weighted by atomic mass is 15.2. The molecule has 2 nitrogen and oxygen atoms in total. The van der Waals surface area contributed by atoms with Crippen molar-refractivity contribution in [3.05, 3.63) is 0 Å². The van der Waals surface area contributed by atoms with Gasteiger partial charge in [-0.15, -0.1) is 0 Å². The average Bonchev–Trinajstić information content (AvgIpc) is 2.69. The van der Waals surface area contributed by atoms with E-state index in [1.807, 2.05) is 0 Å². The predicted molar refractivity (Wildman–Crippen MR) is 38.4 cm³/mol. The topological polar surface area (TPSA) is 27.0 Å². The van der Waals surface area contributed by atoms with Gasteiger partial charge in [0.1, 0.15) is 0 Å². The van der Waals surface area contributed by atoms with Crippen LogP contribution in [0.3, 0.4) is 0 Å². The van der Waals surface area contributed by atoms with Gasteiger partial charge < -0.3 is 0 Å². The number of nitriles is 1. The van der Waals surface area contributed by atoms with E-state index in [2.05, 4.69) is 11.0 Å². The molecule has 0 spiro atoms. The smallest absolute Gasteiger partial charge is 0.0980 e. The van der Waals surface area contributed by atoms with E-state index in [0.717, 1.165) is 12.5 Å². The van der Waals surface area contributed by atoms with Crippen molar-refractivity contribution < 1.29 is 0 Å². The molecule has 0 bridgehead atoms. The Labute approximate surface area is 61.4 Å². The molecule has 2 aliphatic rings. The van der Waals surface area contributed by atoms with Gasteiger partial charge in [0.15, 0.2) is 0 Å². The molecule has 2 heteroatoms. The van der Waals surface area contributed by atoms with Gasteiger partial charge in [-0.2, -0.15) is 5.26 Å². The number of hydrogen-bond acceptors (Lipinski definition) is 2. The lowest BCUT2D eigenvalue weighted by molar-refractivity contribution is 0.284. The van der Waals surface area contributed by atoms with Gasteiger partial charge in [0.25, 0.3) is 0 Å². The maximum atomic E-state index is 8.72. The molecule has 1 heterocycles. The van der Waals surface area contributed by atoms with Crippen LogP contribution in [0.5, 0.6) is 0 Å². The molecule has 0 N–H and O–H groups in total. The monoisotopic (exact) mass is 136 g/mol. The first-order valence-corrected chi connectivity index (χ1v) is 4.07. The minimum atomic E-state index is 0.257. The van der Waals surface area contributed by atoms with Crippen molar-refractivity contribution in [3.63, 3.8) is 0 Å². The van der Waals surface area contributed by atoms with Crippen molar-refractivity contribution in [2.45, 2.75) is 37.8 Å². The molecule has 2 fully saturated rings. The summed E-state index contributed by atoms with van der Waals surface area (Å²) in [6.07, 6.45) is 5.00. The summed E-state index contributed by atoms with van der Waals surface area (Å²) in [5.74, 6) is 0. The van der Waals surface area contributed by atoms with Gasteiger partial charge in [0.2, 0.25) is 0 Å². The second kappa shape index (κ2) is 2.25. The number of rotatable bonds is 1. The SMILES string of the molecule is N#C[C@H]1CCCN1C1CC1. The lowest BCUT2D eigenvalue weighted by atomic mass is 10.2. The predicted octanol–water partition coefficient (Wildman–Crippen LogP) is 1.14. The molecule has 0 aromatic rings. The summed E-state index contributed by atoms with van der Waals surface area (Å²) in [6.45, 7) is 1.17. The molecule has 1 aliphatic carbocycles. The summed E-state index contributed by atoms with van der Waals surface area (Å²) in [5.41, 5.74) is 0. The van der Waals surface area contributed by atoms with Crippen LogP contribution in [-0.4, -0.2) is 23.5 Å². The number of hydrogen-bond donors (Lipinski definition) is 0. The van der Waals surface area contributed by atoms with Gasteiger partial charge in [0, 0.05) is 6.04 Å². The number of nitrogens with zero attached hydrogens (tertiary/aromatic N) is 2. The molecule has 54 valence electrons. The summed E-state index contributed by atoms with van der Waals surface area (Å²) in [4.78, 5) is 2.38. The highest BCUT2D eigenvalue weighted by Crippen LogP contribution is 2.32. The minimum absolute atomic E-state index is 0.257. The van der Waals surface area contributed by atoms with Crippen LogP contribution in [0, 0.1) is 11.3 Å². The van der Waals surface area contributed by atoms with Crippen LogP contribution in [-0.2, 0) is 0 Å². The van der Waals surface area contributed by atoms with E-state index in [0.29, 0.717) is 0 Å². The Balaban J connectivity index is 1.99. The van der Waals surface area contributed by atoms with Crippen molar-refractivity contribution in [2.24, 2.45) is 0 Å². The van der Waals surface area contributed by atoms with Crippen LogP contribution < -0.4 is 0 Å². The molecule has 1 saturated heterocycles. The van der Waals surface area contributed by atoms with Crippen molar-refractivity contribution in [2.75, 3.05) is 6.54 Å². The summed E-state index contributed by atoms with van der Waals surface area (Å²) in [5, 5.41) is 8.72. The fraction of sp³-hybridized carbons (Fsp3) is 0.875. The molecule has 0 aromatic heterocycles. The second-order valence-corrected chi connectivity index (χ2v) is 3.26. The first-order chi connectivity index (χ1) is 4.92. The molecule has 0 radical (unpaired) electrons. The zero-order valence-corrected chi connectivity index (χ0v) is 6.08. The fourth-order valence-corrected chi connectivity index (χ4v) is 1.77. The fourth-order valence-electron chi connectivity index (χ4n) is 1.77. The summed E-state index contributed by atoms with van der Waals surface area (Å²) in [6, 6.07) is 3.40. The first kappa shape index (κ1) is 6.18. The average molecular weight is 136 g/mol. The molecule has 0 aromatic carbocycles. The normalized spacial score (nSPS) is 34.1. The van der Waals surface area contributed by atoms with Gasteiger partial charge in [-0.05, 0) is 32.2 Å². The van der Waals surface area contributed by atoms with Gasteiger partial charge in [-0.3, -0.25) is 4.90 Å². The van der Waals surface area contributed by atoms with Crippen LogP contribution >= 0.6 is 0 Å². The van der Waals surface area contributed by atoms with E-state index < -0.39 is 0 Å². The third-order valence-corrected chi connectivity index (χ3v) is 2.46. The third kappa shape index (κ3) is 0.911. The Morgan fingerprint density at radius 3 is 2.70 bits per heavy atom. The molecule has 1 aliphatic heterocycles. The second-order valence-electron chi connectivity index (χ2n) is 3.26. The molecule has 1 atom stereocenters. The standard InChI is InChI=1S/C8H12N2/c9-6-8-2-1-5-10(8)7-3-4-7/h7-8H,1-5H2/t8-/m1/s1. The van der Waals surface area contributed by atoms with E-state index in [1.54, 1.807) is 0 Å². The Kier molecular flexibility index (Phi) is 1.39. The molecule has 1 saturated carbocycles.